The average molecular weight is 543 g/mol. The summed E-state index contributed by atoms with van der Waals surface area (Å²) in [7, 11) is 1.42. The molecule has 2 unspecified atom stereocenters. The Hall–Kier alpha value is -4.37. The number of carbonyl (C=O) groups excluding carboxylic acids is 2. The highest BCUT2D eigenvalue weighted by Crippen LogP contribution is 2.46. The Morgan fingerprint density at radius 1 is 1.13 bits per heavy atom. The molecule has 0 saturated carbocycles. The van der Waals surface area contributed by atoms with Gasteiger partial charge in [-0.15, -0.1) is 0 Å². The number of thiazole rings is 1. The molecule has 0 radical (unpaired) electrons. The van der Waals surface area contributed by atoms with Crippen molar-refractivity contribution < 1.29 is 29.3 Å². The summed E-state index contributed by atoms with van der Waals surface area (Å²) in [6.07, 6.45) is 0.687. The van der Waals surface area contributed by atoms with E-state index in [4.69, 9.17) is 14.5 Å². The maximum atomic E-state index is 13.6. The highest BCUT2D eigenvalue weighted by Gasteiger charge is 2.48. The number of nitrogens with zero attached hydrogens (tertiary/aromatic N) is 2. The van der Waals surface area contributed by atoms with E-state index in [0.717, 1.165) is 32.7 Å². The van der Waals surface area contributed by atoms with Crippen LogP contribution in [0.1, 0.15) is 40.8 Å². The lowest BCUT2D eigenvalue weighted by Crippen LogP contribution is -2.29. The van der Waals surface area contributed by atoms with Crippen LogP contribution in [0.15, 0.2) is 54.1 Å². The van der Waals surface area contributed by atoms with Gasteiger partial charge in [-0.2, -0.15) is 0 Å². The minimum atomic E-state index is -0.995. The third kappa shape index (κ3) is 4.01. The molecule has 1 fully saturated rings. The molecule has 0 aliphatic carbocycles. The van der Waals surface area contributed by atoms with Gasteiger partial charge in [0, 0.05) is 12.0 Å². The van der Waals surface area contributed by atoms with Crippen molar-refractivity contribution in [2.75, 3.05) is 12.0 Å². The lowest BCUT2D eigenvalue weighted by atomic mass is 9.94. The van der Waals surface area contributed by atoms with E-state index >= 15 is 0 Å². The van der Waals surface area contributed by atoms with Gasteiger partial charge in [0.15, 0.2) is 16.6 Å². The van der Waals surface area contributed by atoms with E-state index in [9.17, 15) is 19.8 Å². The van der Waals surface area contributed by atoms with Crippen molar-refractivity contribution in [3.63, 3.8) is 0 Å². The first-order valence-electron chi connectivity index (χ1n) is 12.5. The minimum absolute atomic E-state index is 0.0126. The molecule has 1 saturated heterocycles. The van der Waals surface area contributed by atoms with Crippen molar-refractivity contribution in [3.05, 3.63) is 81.9 Å². The number of methoxy groups -OCH3 is 1. The van der Waals surface area contributed by atoms with E-state index < -0.39 is 17.7 Å². The molecule has 0 spiro atoms. The summed E-state index contributed by atoms with van der Waals surface area (Å²) in [4.78, 5) is 33.3. The number of amides is 1. The fourth-order valence-corrected chi connectivity index (χ4v) is 6.56. The molecule has 39 heavy (non-hydrogen) atoms. The molecule has 0 bridgehead atoms. The summed E-state index contributed by atoms with van der Waals surface area (Å²) in [6.45, 7) is 5.90. The first kappa shape index (κ1) is 24.9. The number of hydrogen-bond acceptors (Lipinski definition) is 8. The summed E-state index contributed by atoms with van der Waals surface area (Å²) in [6, 6.07) is 12.9. The molecule has 1 amide bonds. The number of Topliss-reactive ketones (excluding diaryl/α,β-unsaturated/α-hetero) is 1. The standard InChI is InChI=1S/C30H26N2O6S/c1-14-9-15(2)25-23(10-14)39-30(31-25)32-26(17-5-7-20(33)22(13-17)37-4)24(28(35)29(32)36)27(34)18-6-8-21-19(12-18)11-16(3)38-21/h5-10,12-13,16,26,33-34H,11H2,1-4H3/b27-24-. The number of anilines is 1. The molecule has 2 aliphatic heterocycles. The van der Waals surface area contributed by atoms with Gasteiger partial charge in [0.05, 0.1) is 28.9 Å². The number of phenols is 1. The molecular formula is C30H26N2O6S. The number of phenolic OH excluding ortho intramolecular Hbond substituents is 1. The Kier molecular flexibility index (Phi) is 5.84. The quantitative estimate of drug-likeness (QED) is 0.197. The zero-order valence-corrected chi connectivity index (χ0v) is 22.6. The molecule has 6 rings (SSSR count). The van der Waals surface area contributed by atoms with Crippen LogP contribution in [0.5, 0.6) is 17.2 Å². The second-order valence-electron chi connectivity index (χ2n) is 9.98. The van der Waals surface area contributed by atoms with E-state index in [2.05, 4.69) is 0 Å². The molecule has 3 aromatic carbocycles. The number of ether oxygens (including phenoxy) is 2. The molecule has 198 valence electrons. The molecule has 9 heteroatoms. The van der Waals surface area contributed by atoms with Crippen molar-refractivity contribution in [2.45, 2.75) is 39.3 Å². The van der Waals surface area contributed by atoms with Gasteiger partial charge < -0.3 is 19.7 Å². The minimum Gasteiger partial charge on any atom is -0.507 e. The fraction of sp³-hybridized carbons (Fsp3) is 0.233. The Balaban J connectivity index is 1.56. The smallest absolute Gasteiger partial charge is 0.301 e. The van der Waals surface area contributed by atoms with Gasteiger partial charge >= 0.3 is 5.91 Å². The molecule has 2 atom stereocenters. The van der Waals surface area contributed by atoms with Crippen molar-refractivity contribution in [2.24, 2.45) is 0 Å². The topological polar surface area (TPSA) is 109 Å². The van der Waals surface area contributed by atoms with Crippen LogP contribution in [0.25, 0.3) is 16.0 Å². The lowest BCUT2D eigenvalue weighted by Gasteiger charge is -2.23. The van der Waals surface area contributed by atoms with Gasteiger partial charge in [0.25, 0.3) is 5.78 Å². The third-order valence-electron chi connectivity index (χ3n) is 7.16. The van der Waals surface area contributed by atoms with Crippen LogP contribution in [0, 0.1) is 13.8 Å². The van der Waals surface area contributed by atoms with Crippen LogP contribution in [0.4, 0.5) is 5.13 Å². The molecule has 8 nitrogen and oxygen atoms in total. The van der Waals surface area contributed by atoms with Crippen LogP contribution in [0.3, 0.4) is 0 Å². The average Bonchev–Trinajstić information content (AvgIpc) is 3.56. The van der Waals surface area contributed by atoms with Gasteiger partial charge in [-0.1, -0.05) is 23.5 Å². The number of aliphatic hydroxyl groups excluding tert-OH is 1. The molecule has 2 N–H and O–H groups in total. The van der Waals surface area contributed by atoms with Crippen LogP contribution in [-0.2, 0) is 16.0 Å². The van der Waals surface area contributed by atoms with Gasteiger partial charge in [-0.3, -0.25) is 14.5 Å². The zero-order chi connectivity index (χ0) is 27.6. The molecule has 3 heterocycles. The highest BCUT2D eigenvalue weighted by atomic mass is 32.1. The van der Waals surface area contributed by atoms with Gasteiger partial charge in [-0.25, -0.2) is 4.98 Å². The molecular weight excluding hydrogens is 516 g/mol. The number of aryl methyl sites for hydroxylation is 2. The van der Waals surface area contributed by atoms with Crippen molar-refractivity contribution in [1.29, 1.82) is 0 Å². The highest BCUT2D eigenvalue weighted by molar-refractivity contribution is 7.22. The van der Waals surface area contributed by atoms with E-state index in [1.54, 1.807) is 30.3 Å². The van der Waals surface area contributed by atoms with E-state index in [1.807, 2.05) is 32.9 Å². The molecule has 1 aromatic heterocycles. The van der Waals surface area contributed by atoms with Crippen LogP contribution < -0.4 is 14.4 Å². The summed E-state index contributed by atoms with van der Waals surface area (Å²) in [5.41, 5.74) is 4.52. The normalized spacial score (nSPS) is 19.9. The number of aromatic hydroxyl groups is 1. The Labute approximate surface area is 228 Å². The number of fused-ring (bicyclic) bond motifs is 2. The predicted octanol–water partition coefficient (Wildman–Crippen LogP) is 5.58. The Morgan fingerprint density at radius 3 is 2.69 bits per heavy atom. The monoisotopic (exact) mass is 542 g/mol. The van der Waals surface area contributed by atoms with Gasteiger partial charge in [0.1, 0.15) is 17.6 Å². The summed E-state index contributed by atoms with van der Waals surface area (Å²) >= 11 is 1.31. The predicted molar refractivity (Wildman–Crippen MR) is 149 cm³/mol. The largest absolute Gasteiger partial charge is 0.507 e. The number of benzene rings is 3. The fourth-order valence-electron chi connectivity index (χ4n) is 5.40. The summed E-state index contributed by atoms with van der Waals surface area (Å²) in [5, 5.41) is 22.1. The summed E-state index contributed by atoms with van der Waals surface area (Å²) in [5.74, 6) is -1.07. The number of rotatable bonds is 4. The first-order valence-corrected chi connectivity index (χ1v) is 13.3. The van der Waals surface area contributed by atoms with E-state index in [-0.39, 0.29) is 28.9 Å². The van der Waals surface area contributed by atoms with E-state index in [1.165, 1.54) is 29.4 Å². The second kappa shape index (κ2) is 9.13. The van der Waals surface area contributed by atoms with Crippen molar-refractivity contribution in [3.8, 4) is 17.2 Å². The summed E-state index contributed by atoms with van der Waals surface area (Å²) < 4.78 is 12.0. The SMILES string of the molecule is COc1cc(C2/C(=C(/O)c3ccc4c(c3)CC(C)O4)C(=O)C(=O)N2c2nc3c(C)cc(C)cc3s2)ccc1O. The first-order chi connectivity index (χ1) is 18.7. The molecule has 2 aliphatic rings. The Bertz CT molecular complexity index is 1720. The third-order valence-corrected chi connectivity index (χ3v) is 8.16. The lowest BCUT2D eigenvalue weighted by molar-refractivity contribution is -0.132. The van der Waals surface area contributed by atoms with Crippen molar-refractivity contribution in [1.82, 2.24) is 4.98 Å². The van der Waals surface area contributed by atoms with Crippen LogP contribution in [0.2, 0.25) is 0 Å². The number of carbonyl (C=O) groups is 2. The second-order valence-corrected chi connectivity index (χ2v) is 11.0. The van der Waals surface area contributed by atoms with Crippen molar-refractivity contribution >= 4 is 44.1 Å². The maximum absolute atomic E-state index is 13.6. The Morgan fingerprint density at radius 2 is 1.92 bits per heavy atom. The van der Waals surface area contributed by atoms with Crippen LogP contribution >= 0.6 is 11.3 Å². The van der Waals surface area contributed by atoms with E-state index in [0.29, 0.717) is 22.7 Å². The van der Waals surface area contributed by atoms with Crippen LogP contribution in [-0.4, -0.2) is 40.1 Å². The molecule has 4 aromatic rings. The number of aromatic nitrogens is 1. The number of aliphatic hydroxyl groups is 1. The zero-order valence-electron chi connectivity index (χ0n) is 21.8. The number of ketones is 1. The number of hydrogen-bond donors (Lipinski definition) is 2. The van der Waals surface area contributed by atoms with Gasteiger partial charge in [-0.05, 0) is 79.4 Å². The van der Waals surface area contributed by atoms with Gasteiger partial charge in [0.2, 0.25) is 0 Å². The maximum Gasteiger partial charge on any atom is 0.301 e.